The summed E-state index contributed by atoms with van der Waals surface area (Å²) in [6, 6.07) is 0.170. The van der Waals surface area contributed by atoms with Crippen molar-refractivity contribution in [3.05, 3.63) is 0 Å². The van der Waals surface area contributed by atoms with Crippen LogP contribution >= 0.6 is 0 Å². The number of amides is 1. The van der Waals surface area contributed by atoms with Gasteiger partial charge in [0.15, 0.2) is 0 Å². The maximum Gasteiger partial charge on any atom is 0.227 e. The van der Waals surface area contributed by atoms with Crippen molar-refractivity contribution in [1.29, 1.82) is 0 Å². The summed E-state index contributed by atoms with van der Waals surface area (Å²) in [5.74, 6) is 0.921. The van der Waals surface area contributed by atoms with Crippen LogP contribution in [0.3, 0.4) is 0 Å². The van der Waals surface area contributed by atoms with Crippen molar-refractivity contribution < 1.29 is 4.79 Å². The maximum atomic E-state index is 11.7. The highest BCUT2D eigenvalue weighted by Crippen LogP contribution is 2.45. The highest BCUT2D eigenvalue weighted by molar-refractivity contribution is 5.86. The lowest BCUT2D eigenvalue weighted by Crippen LogP contribution is -2.38. The van der Waals surface area contributed by atoms with Gasteiger partial charge in [-0.1, -0.05) is 20.8 Å². The summed E-state index contributed by atoms with van der Waals surface area (Å²) in [4.78, 5) is 13.7. The van der Waals surface area contributed by atoms with Gasteiger partial charge < -0.3 is 10.6 Å². The number of likely N-dealkylation sites (tertiary alicyclic amines) is 1. The molecule has 3 unspecified atom stereocenters. The van der Waals surface area contributed by atoms with Crippen LogP contribution < -0.4 is 5.73 Å². The molecule has 1 amide bonds. The molecule has 0 aromatic heterocycles. The SMILES string of the molecule is CC(C)(C)CN1CC2C(N)C2C1=O. The van der Waals surface area contributed by atoms with Crippen LogP contribution in [0, 0.1) is 17.3 Å². The average Bonchev–Trinajstić information content (AvgIpc) is 2.43. The van der Waals surface area contributed by atoms with Gasteiger partial charge in [0.25, 0.3) is 0 Å². The molecule has 3 heteroatoms. The van der Waals surface area contributed by atoms with E-state index in [-0.39, 0.29) is 23.3 Å². The monoisotopic (exact) mass is 182 g/mol. The van der Waals surface area contributed by atoms with Crippen LogP contribution in [-0.2, 0) is 4.79 Å². The average molecular weight is 182 g/mol. The molecule has 0 aromatic carbocycles. The minimum Gasteiger partial charge on any atom is -0.342 e. The Morgan fingerprint density at radius 1 is 1.54 bits per heavy atom. The van der Waals surface area contributed by atoms with Gasteiger partial charge >= 0.3 is 0 Å². The Hall–Kier alpha value is -0.570. The van der Waals surface area contributed by atoms with Crippen molar-refractivity contribution >= 4 is 5.91 Å². The van der Waals surface area contributed by atoms with E-state index in [1.54, 1.807) is 0 Å². The molecule has 74 valence electrons. The topological polar surface area (TPSA) is 46.3 Å². The molecule has 1 saturated carbocycles. The first-order valence-corrected chi connectivity index (χ1v) is 4.94. The van der Waals surface area contributed by atoms with Gasteiger partial charge in [0.1, 0.15) is 0 Å². The molecule has 2 fully saturated rings. The largest absolute Gasteiger partial charge is 0.342 e. The van der Waals surface area contributed by atoms with Crippen molar-refractivity contribution in [3.8, 4) is 0 Å². The first-order valence-electron chi connectivity index (χ1n) is 4.94. The molecule has 0 aromatic rings. The Morgan fingerprint density at radius 2 is 2.15 bits per heavy atom. The second-order valence-electron chi connectivity index (χ2n) is 5.55. The predicted molar refractivity (Wildman–Crippen MR) is 51.0 cm³/mol. The summed E-state index contributed by atoms with van der Waals surface area (Å²) >= 11 is 0. The minimum atomic E-state index is 0.169. The molecule has 1 aliphatic carbocycles. The van der Waals surface area contributed by atoms with Gasteiger partial charge in [-0.3, -0.25) is 4.79 Å². The molecule has 1 heterocycles. The molecular formula is C10H18N2O. The maximum absolute atomic E-state index is 11.7. The predicted octanol–water partition coefficient (Wildman–Crippen LogP) is 0.448. The van der Waals surface area contributed by atoms with Crippen LogP contribution in [0.1, 0.15) is 20.8 Å². The fourth-order valence-corrected chi connectivity index (χ4v) is 2.25. The third-order valence-electron chi connectivity index (χ3n) is 2.92. The van der Waals surface area contributed by atoms with Gasteiger partial charge in [0.05, 0.1) is 5.92 Å². The highest BCUT2D eigenvalue weighted by Gasteiger charge is 2.59. The van der Waals surface area contributed by atoms with E-state index in [1.165, 1.54) is 0 Å². The zero-order chi connectivity index (χ0) is 9.80. The Kier molecular flexibility index (Phi) is 1.71. The molecule has 0 radical (unpaired) electrons. The molecule has 2 rings (SSSR count). The Labute approximate surface area is 79.3 Å². The van der Waals surface area contributed by atoms with Gasteiger partial charge in [0, 0.05) is 25.0 Å². The number of hydrogen-bond donors (Lipinski definition) is 1. The van der Waals surface area contributed by atoms with Gasteiger partial charge in [-0.2, -0.15) is 0 Å². The van der Waals surface area contributed by atoms with E-state index >= 15 is 0 Å². The summed E-state index contributed by atoms with van der Waals surface area (Å²) in [5, 5.41) is 0. The van der Waals surface area contributed by atoms with E-state index in [2.05, 4.69) is 20.8 Å². The number of hydrogen-bond acceptors (Lipinski definition) is 2. The zero-order valence-electron chi connectivity index (χ0n) is 8.58. The van der Waals surface area contributed by atoms with Gasteiger partial charge in [0.2, 0.25) is 5.91 Å². The summed E-state index contributed by atoms with van der Waals surface area (Å²) in [5.41, 5.74) is 5.95. The second kappa shape index (κ2) is 2.47. The van der Waals surface area contributed by atoms with Crippen molar-refractivity contribution in [2.75, 3.05) is 13.1 Å². The number of carbonyl (C=O) groups excluding carboxylic acids is 1. The quantitative estimate of drug-likeness (QED) is 0.640. The lowest BCUT2D eigenvalue weighted by molar-refractivity contribution is -0.131. The normalized spacial score (nSPS) is 38.0. The molecule has 2 aliphatic rings. The molecule has 0 spiro atoms. The molecular weight excluding hydrogens is 164 g/mol. The van der Waals surface area contributed by atoms with E-state index in [0.29, 0.717) is 5.92 Å². The Balaban J connectivity index is 1.95. The van der Waals surface area contributed by atoms with Crippen LogP contribution in [0.2, 0.25) is 0 Å². The van der Waals surface area contributed by atoms with E-state index in [9.17, 15) is 4.79 Å². The number of nitrogens with two attached hydrogens (primary N) is 1. The fraction of sp³-hybridized carbons (Fsp3) is 0.900. The van der Waals surface area contributed by atoms with Crippen LogP contribution in [0.25, 0.3) is 0 Å². The standard InChI is InChI=1S/C10H18N2O/c1-10(2,3)5-12-4-6-7(8(6)11)9(12)13/h6-8H,4-5,11H2,1-3H3. The Morgan fingerprint density at radius 3 is 2.54 bits per heavy atom. The van der Waals surface area contributed by atoms with Crippen LogP contribution in [0.4, 0.5) is 0 Å². The summed E-state index contributed by atoms with van der Waals surface area (Å²) < 4.78 is 0. The number of rotatable bonds is 1. The number of piperidine rings is 1. The Bertz CT molecular complexity index is 244. The third-order valence-corrected chi connectivity index (χ3v) is 2.92. The third kappa shape index (κ3) is 1.46. The summed E-state index contributed by atoms with van der Waals surface area (Å²) in [6.45, 7) is 8.23. The van der Waals surface area contributed by atoms with Crippen molar-refractivity contribution in [1.82, 2.24) is 4.90 Å². The van der Waals surface area contributed by atoms with Gasteiger partial charge in [-0.05, 0) is 5.41 Å². The van der Waals surface area contributed by atoms with E-state index in [0.717, 1.165) is 13.1 Å². The molecule has 1 saturated heterocycles. The van der Waals surface area contributed by atoms with Gasteiger partial charge in [-0.15, -0.1) is 0 Å². The van der Waals surface area contributed by atoms with E-state index in [1.807, 2.05) is 4.90 Å². The molecule has 3 atom stereocenters. The lowest BCUT2D eigenvalue weighted by atomic mass is 9.96. The lowest BCUT2D eigenvalue weighted by Gasteiger charge is -2.28. The highest BCUT2D eigenvalue weighted by atomic mass is 16.2. The molecule has 0 bridgehead atoms. The summed E-state index contributed by atoms with van der Waals surface area (Å²) in [7, 11) is 0. The number of fused-ring (bicyclic) bond motifs is 1. The summed E-state index contributed by atoms with van der Waals surface area (Å²) in [6.07, 6.45) is 0. The van der Waals surface area contributed by atoms with Gasteiger partial charge in [-0.25, -0.2) is 0 Å². The number of nitrogens with zero attached hydrogens (tertiary/aromatic N) is 1. The minimum absolute atomic E-state index is 0.169. The smallest absolute Gasteiger partial charge is 0.227 e. The van der Waals surface area contributed by atoms with Crippen molar-refractivity contribution in [2.45, 2.75) is 26.8 Å². The number of carbonyl (C=O) groups is 1. The first kappa shape index (κ1) is 9.00. The van der Waals surface area contributed by atoms with E-state index < -0.39 is 0 Å². The van der Waals surface area contributed by atoms with Crippen LogP contribution in [-0.4, -0.2) is 29.9 Å². The molecule has 3 nitrogen and oxygen atoms in total. The van der Waals surface area contributed by atoms with Crippen LogP contribution in [0.5, 0.6) is 0 Å². The second-order valence-corrected chi connectivity index (χ2v) is 5.55. The molecule has 2 N–H and O–H groups in total. The fourth-order valence-electron chi connectivity index (χ4n) is 2.25. The van der Waals surface area contributed by atoms with Crippen molar-refractivity contribution in [2.24, 2.45) is 23.0 Å². The van der Waals surface area contributed by atoms with Crippen molar-refractivity contribution in [3.63, 3.8) is 0 Å². The molecule has 1 aliphatic heterocycles. The van der Waals surface area contributed by atoms with Crippen LogP contribution in [0.15, 0.2) is 0 Å². The molecule has 13 heavy (non-hydrogen) atoms. The zero-order valence-corrected chi connectivity index (χ0v) is 8.58. The van der Waals surface area contributed by atoms with E-state index in [4.69, 9.17) is 5.73 Å². The first-order chi connectivity index (χ1) is 5.90.